The van der Waals surface area contributed by atoms with Crippen LogP contribution >= 0.6 is 11.6 Å². The van der Waals surface area contributed by atoms with Crippen LogP contribution in [-0.4, -0.2) is 23.2 Å². The van der Waals surface area contributed by atoms with Gasteiger partial charge in [0.15, 0.2) is 5.78 Å². The molecule has 3 saturated carbocycles. The number of carbonyl (C=O) groups is 2. The second kappa shape index (κ2) is 7.32. The fourth-order valence-electron chi connectivity index (χ4n) is 4.87. The first kappa shape index (κ1) is 19.1. The summed E-state index contributed by atoms with van der Waals surface area (Å²) >= 11 is 6.00. The molecule has 146 valence electrons. The number of Topliss-reactive ketones (excluding diaryl/α,β-unsaturated/α-hetero) is 2. The molecule has 4 nitrogen and oxygen atoms in total. The van der Waals surface area contributed by atoms with Gasteiger partial charge < -0.3 is 4.74 Å². The van der Waals surface area contributed by atoms with E-state index >= 15 is 0 Å². The molecule has 0 aliphatic heterocycles. The Hall–Kier alpha value is -2.20. The minimum atomic E-state index is -0.163. The van der Waals surface area contributed by atoms with Gasteiger partial charge in [-0.1, -0.05) is 17.7 Å². The van der Waals surface area contributed by atoms with Crippen LogP contribution in [-0.2, 0) is 16.0 Å². The van der Waals surface area contributed by atoms with Gasteiger partial charge in [-0.05, 0) is 73.9 Å². The molecule has 0 unspecified atom stereocenters. The first-order valence-electron chi connectivity index (χ1n) is 9.74. The number of pyridine rings is 1. The van der Waals surface area contributed by atoms with Gasteiger partial charge in [-0.15, -0.1) is 0 Å². The van der Waals surface area contributed by atoms with E-state index < -0.39 is 0 Å². The van der Waals surface area contributed by atoms with Gasteiger partial charge in [0.2, 0.25) is 0 Å². The number of rotatable bonds is 9. The summed E-state index contributed by atoms with van der Waals surface area (Å²) in [7, 11) is 0. The highest BCUT2D eigenvalue weighted by atomic mass is 35.5. The Bertz CT molecular complexity index is 890. The van der Waals surface area contributed by atoms with Crippen molar-refractivity contribution in [1.82, 2.24) is 4.98 Å². The lowest BCUT2D eigenvalue weighted by Gasteiger charge is -2.70. The van der Waals surface area contributed by atoms with Crippen LogP contribution in [0.3, 0.4) is 0 Å². The molecule has 1 aromatic carbocycles. The molecule has 2 bridgehead atoms. The number of ether oxygens (including phenoxy) is 1. The van der Waals surface area contributed by atoms with Crippen molar-refractivity contribution in [1.29, 1.82) is 0 Å². The topological polar surface area (TPSA) is 56.3 Å². The van der Waals surface area contributed by atoms with Crippen molar-refractivity contribution in [3.63, 3.8) is 0 Å². The van der Waals surface area contributed by atoms with Crippen molar-refractivity contribution in [3.8, 4) is 5.75 Å². The van der Waals surface area contributed by atoms with Crippen molar-refractivity contribution in [2.75, 3.05) is 6.61 Å². The monoisotopic (exact) mass is 397 g/mol. The zero-order valence-corrected chi connectivity index (χ0v) is 16.8. The third-order valence-electron chi connectivity index (χ3n) is 6.17. The number of ketones is 2. The Morgan fingerprint density at radius 2 is 1.96 bits per heavy atom. The van der Waals surface area contributed by atoms with Crippen molar-refractivity contribution in [2.45, 2.75) is 45.4 Å². The fourth-order valence-corrected chi connectivity index (χ4v) is 4.99. The normalized spacial score (nSPS) is 24.8. The van der Waals surface area contributed by atoms with Gasteiger partial charge in [-0.2, -0.15) is 0 Å². The van der Waals surface area contributed by atoms with Crippen LogP contribution in [0, 0.1) is 17.8 Å². The second-order valence-electron chi connectivity index (χ2n) is 8.47. The Balaban J connectivity index is 1.21. The second-order valence-corrected chi connectivity index (χ2v) is 8.88. The number of carbonyl (C=O) groups excluding carboxylic acids is 2. The number of hydrogen-bond donors (Lipinski definition) is 0. The van der Waals surface area contributed by atoms with Gasteiger partial charge >= 0.3 is 0 Å². The standard InChI is InChI=1S/C23H24ClNO3/c1-16-10-19(6-7-20(16)24)28-12-18(26)11-22-13-23(14-22,15-22)21(27)8-5-17-4-2-3-9-25-17/h2-4,6-7,9-10H,5,8,11-15H2,1H3. The number of halogens is 1. The third kappa shape index (κ3) is 3.70. The molecule has 3 fully saturated rings. The zero-order valence-electron chi connectivity index (χ0n) is 16.0. The Kier molecular flexibility index (Phi) is 5.00. The predicted octanol–water partition coefficient (Wildman–Crippen LogP) is 4.75. The van der Waals surface area contributed by atoms with Crippen LogP contribution in [0.2, 0.25) is 5.02 Å². The van der Waals surface area contributed by atoms with Gasteiger partial charge in [-0.3, -0.25) is 14.6 Å². The van der Waals surface area contributed by atoms with E-state index in [1.54, 1.807) is 18.3 Å². The van der Waals surface area contributed by atoms with Gasteiger partial charge in [0, 0.05) is 35.2 Å². The molecular weight excluding hydrogens is 374 g/mol. The van der Waals surface area contributed by atoms with E-state index in [0.717, 1.165) is 30.5 Å². The van der Waals surface area contributed by atoms with Crippen LogP contribution in [0.4, 0.5) is 0 Å². The van der Waals surface area contributed by atoms with E-state index in [0.29, 0.717) is 35.8 Å². The lowest BCUT2D eigenvalue weighted by molar-refractivity contribution is -0.208. The summed E-state index contributed by atoms with van der Waals surface area (Å²) < 4.78 is 5.61. The lowest BCUT2D eigenvalue weighted by atomic mass is 9.33. The SMILES string of the molecule is Cc1cc(OCC(=O)CC23CC(C(=O)CCc4ccccn4)(C2)C3)ccc1Cl. The number of benzene rings is 1. The highest BCUT2D eigenvalue weighted by Crippen LogP contribution is 2.75. The molecule has 0 radical (unpaired) electrons. The third-order valence-corrected chi connectivity index (χ3v) is 6.59. The van der Waals surface area contributed by atoms with Gasteiger partial charge in [0.1, 0.15) is 18.1 Å². The quantitative estimate of drug-likeness (QED) is 0.612. The molecule has 2 aromatic rings. The summed E-state index contributed by atoms with van der Waals surface area (Å²) in [6.07, 6.45) is 6.07. The first-order valence-corrected chi connectivity index (χ1v) is 10.1. The number of hydrogen-bond acceptors (Lipinski definition) is 4. The molecular formula is C23H24ClNO3. The maximum Gasteiger partial charge on any atom is 0.170 e. The first-order chi connectivity index (χ1) is 13.4. The molecule has 1 heterocycles. The average Bonchev–Trinajstić information content (AvgIpc) is 2.63. The largest absolute Gasteiger partial charge is 0.486 e. The van der Waals surface area contributed by atoms with E-state index in [-0.39, 0.29) is 23.2 Å². The summed E-state index contributed by atoms with van der Waals surface area (Å²) in [5.74, 6) is 1.09. The summed E-state index contributed by atoms with van der Waals surface area (Å²) in [4.78, 5) is 29.2. The Labute approximate surface area is 170 Å². The van der Waals surface area contributed by atoms with Crippen molar-refractivity contribution in [3.05, 3.63) is 58.9 Å². The van der Waals surface area contributed by atoms with E-state index in [1.807, 2.05) is 31.2 Å². The van der Waals surface area contributed by atoms with E-state index in [9.17, 15) is 9.59 Å². The number of nitrogens with zero attached hydrogens (tertiary/aromatic N) is 1. The summed E-state index contributed by atoms with van der Waals surface area (Å²) in [5.41, 5.74) is 1.76. The zero-order chi connectivity index (χ0) is 19.8. The van der Waals surface area contributed by atoms with Crippen molar-refractivity contribution >= 4 is 23.2 Å². The van der Waals surface area contributed by atoms with Gasteiger partial charge in [-0.25, -0.2) is 0 Å². The minimum Gasteiger partial charge on any atom is -0.486 e. The van der Waals surface area contributed by atoms with Crippen LogP contribution in [0.5, 0.6) is 5.75 Å². The summed E-state index contributed by atoms with van der Waals surface area (Å²) in [5, 5.41) is 0.686. The maximum atomic E-state index is 12.6. The average molecular weight is 398 g/mol. The minimum absolute atomic E-state index is 0.0387. The van der Waals surface area contributed by atoms with Crippen LogP contribution in [0.1, 0.15) is 43.4 Å². The van der Waals surface area contributed by atoms with Crippen molar-refractivity contribution < 1.29 is 14.3 Å². The number of aryl methyl sites for hydroxylation is 2. The van der Waals surface area contributed by atoms with Crippen LogP contribution < -0.4 is 4.74 Å². The van der Waals surface area contributed by atoms with Crippen molar-refractivity contribution in [2.24, 2.45) is 10.8 Å². The maximum absolute atomic E-state index is 12.6. The fraction of sp³-hybridized carbons (Fsp3) is 0.435. The Morgan fingerprint density at radius 3 is 2.64 bits per heavy atom. The molecule has 3 aliphatic carbocycles. The molecule has 5 rings (SSSR count). The number of aromatic nitrogens is 1. The van der Waals surface area contributed by atoms with Gasteiger partial charge in [0.05, 0.1) is 0 Å². The Morgan fingerprint density at radius 1 is 1.18 bits per heavy atom. The van der Waals surface area contributed by atoms with E-state index in [4.69, 9.17) is 16.3 Å². The molecule has 0 amide bonds. The van der Waals surface area contributed by atoms with E-state index in [2.05, 4.69) is 4.98 Å². The molecule has 0 N–H and O–H groups in total. The van der Waals surface area contributed by atoms with Crippen LogP contribution in [0.25, 0.3) is 0 Å². The molecule has 0 atom stereocenters. The van der Waals surface area contributed by atoms with Crippen LogP contribution in [0.15, 0.2) is 42.6 Å². The highest BCUT2D eigenvalue weighted by Gasteiger charge is 2.70. The summed E-state index contributed by atoms with van der Waals surface area (Å²) in [6, 6.07) is 11.2. The highest BCUT2D eigenvalue weighted by molar-refractivity contribution is 6.31. The predicted molar refractivity (Wildman–Crippen MR) is 108 cm³/mol. The van der Waals surface area contributed by atoms with Gasteiger partial charge in [0.25, 0.3) is 0 Å². The molecule has 0 spiro atoms. The molecule has 3 aliphatic rings. The summed E-state index contributed by atoms with van der Waals surface area (Å²) in [6.45, 7) is 1.98. The molecule has 1 aromatic heterocycles. The molecule has 28 heavy (non-hydrogen) atoms. The van der Waals surface area contributed by atoms with E-state index in [1.165, 1.54) is 0 Å². The lowest BCUT2D eigenvalue weighted by Crippen LogP contribution is -2.66. The smallest absolute Gasteiger partial charge is 0.170 e. The molecule has 0 saturated heterocycles. The molecule has 5 heteroatoms.